The predicted octanol–water partition coefficient (Wildman–Crippen LogP) is 1.35. The highest BCUT2D eigenvalue weighted by atomic mass is 16.5. The van der Waals surface area contributed by atoms with Crippen LogP contribution in [0.2, 0.25) is 0 Å². The van der Waals surface area contributed by atoms with Gasteiger partial charge in [0, 0.05) is 25.4 Å². The van der Waals surface area contributed by atoms with Crippen molar-refractivity contribution in [3.8, 4) is 5.75 Å². The largest absolute Gasteiger partial charge is 0.493 e. The molecule has 5 nitrogen and oxygen atoms in total. The molecular weight excluding hydrogens is 242 g/mol. The van der Waals surface area contributed by atoms with Crippen molar-refractivity contribution in [1.29, 1.82) is 0 Å². The number of pyridine rings is 1. The van der Waals surface area contributed by atoms with Crippen LogP contribution in [0, 0.1) is 0 Å². The highest BCUT2D eigenvalue weighted by Crippen LogP contribution is 2.14. The van der Waals surface area contributed by atoms with Gasteiger partial charge in [0.15, 0.2) is 0 Å². The lowest BCUT2D eigenvalue weighted by atomic mass is 10.0. The van der Waals surface area contributed by atoms with E-state index in [-0.39, 0.29) is 5.91 Å². The van der Waals surface area contributed by atoms with Crippen molar-refractivity contribution in [3.63, 3.8) is 0 Å². The second kappa shape index (κ2) is 7.09. The number of nitrogens with one attached hydrogen (secondary N) is 2. The zero-order valence-electron chi connectivity index (χ0n) is 11.3. The molecule has 2 N–H and O–H groups in total. The van der Waals surface area contributed by atoms with Gasteiger partial charge in [0.1, 0.15) is 11.4 Å². The number of nitrogens with zero attached hydrogens (tertiary/aromatic N) is 1. The quantitative estimate of drug-likeness (QED) is 0.842. The maximum atomic E-state index is 11.4. The average Bonchev–Trinajstić information content (AvgIpc) is 2.48. The Hall–Kier alpha value is -1.62. The fourth-order valence-electron chi connectivity index (χ4n) is 2.24. The van der Waals surface area contributed by atoms with Gasteiger partial charge >= 0.3 is 0 Å². The molecule has 5 heteroatoms. The van der Waals surface area contributed by atoms with E-state index in [4.69, 9.17) is 4.74 Å². The summed E-state index contributed by atoms with van der Waals surface area (Å²) in [6.07, 6.45) is 6.39. The molecule has 1 aliphatic rings. The first-order chi connectivity index (χ1) is 9.29. The van der Waals surface area contributed by atoms with Crippen LogP contribution in [-0.2, 0) is 0 Å². The Morgan fingerprint density at radius 3 is 3.21 bits per heavy atom. The SMILES string of the molecule is CNC(=O)c1cc(OCCC2CCCCN2)ccn1. The molecule has 1 atom stereocenters. The number of rotatable bonds is 5. The van der Waals surface area contributed by atoms with E-state index in [0.29, 0.717) is 24.1 Å². The van der Waals surface area contributed by atoms with Crippen molar-refractivity contribution in [2.75, 3.05) is 20.2 Å². The Morgan fingerprint density at radius 1 is 1.58 bits per heavy atom. The predicted molar refractivity (Wildman–Crippen MR) is 73.4 cm³/mol. The lowest BCUT2D eigenvalue weighted by molar-refractivity contribution is 0.0957. The fraction of sp³-hybridized carbons (Fsp3) is 0.571. The Kier molecular flexibility index (Phi) is 5.15. The molecule has 2 heterocycles. The van der Waals surface area contributed by atoms with Crippen molar-refractivity contribution in [2.24, 2.45) is 0 Å². The Labute approximate surface area is 113 Å². The minimum absolute atomic E-state index is 0.195. The van der Waals surface area contributed by atoms with Crippen LogP contribution in [0.4, 0.5) is 0 Å². The third-order valence-corrected chi connectivity index (χ3v) is 3.34. The molecule has 0 aliphatic carbocycles. The van der Waals surface area contributed by atoms with E-state index >= 15 is 0 Å². The molecule has 1 amide bonds. The van der Waals surface area contributed by atoms with Crippen LogP contribution in [0.15, 0.2) is 18.3 Å². The lowest BCUT2D eigenvalue weighted by Crippen LogP contribution is -2.35. The molecule has 1 fully saturated rings. The van der Waals surface area contributed by atoms with Crippen LogP contribution < -0.4 is 15.4 Å². The molecule has 1 unspecified atom stereocenters. The van der Waals surface area contributed by atoms with E-state index in [1.165, 1.54) is 19.3 Å². The van der Waals surface area contributed by atoms with Gasteiger partial charge in [0.05, 0.1) is 6.61 Å². The molecule has 1 aliphatic heterocycles. The van der Waals surface area contributed by atoms with Crippen molar-refractivity contribution in [1.82, 2.24) is 15.6 Å². The number of hydrogen-bond acceptors (Lipinski definition) is 4. The summed E-state index contributed by atoms with van der Waals surface area (Å²) >= 11 is 0. The molecule has 0 radical (unpaired) electrons. The highest BCUT2D eigenvalue weighted by Gasteiger charge is 2.12. The van der Waals surface area contributed by atoms with Crippen LogP contribution in [0.1, 0.15) is 36.2 Å². The van der Waals surface area contributed by atoms with E-state index in [1.54, 1.807) is 25.4 Å². The van der Waals surface area contributed by atoms with Gasteiger partial charge in [-0.05, 0) is 31.9 Å². The summed E-state index contributed by atoms with van der Waals surface area (Å²) in [6, 6.07) is 4.02. The molecule has 0 saturated carbocycles. The first-order valence-electron chi connectivity index (χ1n) is 6.84. The van der Waals surface area contributed by atoms with E-state index < -0.39 is 0 Å². The Balaban J connectivity index is 1.80. The summed E-state index contributed by atoms with van der Waals surface area (Å²) in [4.78, 5) is 15.5. The molecule has 104 valence electrons. The lowest BCUT2D eigenvalue weighted by Gasteiger charge is -2.23. The van der Waals surface area contributed by atoms with Gasteiger partial charge in [0.2, 0.25) is 0 Å². The van der Waals surface area contributed by atoms with E-state index in [1.807, 2.05) is 0 Å². The Bertz CT molecular complexity index is 417. The first-order valence-corrected chi connectivity index (χ1v) is 6.84. The summed E-state index contributed by atoms with van der Waals surface area (Å²) in [5.74, 6) is 0.504. The topological polar surface area (TPSA) is 63.2 Å². The molecule has 1 aromatic rings. The summed E-state index contributed by atoms with van der Waals surface area (Å²) in [6.45, 7) is 1.77. The van der Waals surface area contributed by atoms with Crippen molar-refractivity contribution in [3.05, 3.63) is 24.0 Å². The summed E-state index contributed by atoms with van der Waals surface area (Å²) < 4.78 is 5.68. The number of piperidine rings is 1. The van der Waals surface area contributed by atoms with Crippen LogP contribution >= 0.6 is 0 Å². The standard InChI is InChI=1S/C14H21N3O2/c1-15-14(18)13-10-12(5-8-17-13)19-9-6-11-4-2-3-7-16-11/h5,8,10-11,16H,2-4,6-7,9H2,1H3,(H,15,18). The van der Waals surface area contributed by atoms with Gasteiger partial charge < -0.3 is 15.4 Å². The third kappa shape index (κ3) is 4.21. The number of aromatic nitrogens is 1. The van der Waals surface area contributed by atoms with Gasteiger partial charge in [-0.2, -0.15) is 0 Å². The summed E-state index contributed by atoms with van der Waals surface area (Å²) in [5, 5.41) is 6.04. The molecule has 0 aromatic carbocycles. The minimum atomic E-state index is -0.195. The van der Waals surface area contributed by atoms with Gasteiger partial charge in [-0.3, -0.25) is 9.78 Å². The average molecular weight is 263 g/mol. The number of carbonyl (C=O) groups is 1. The normalized spacial score (nSPS) is 18.9. The van der Waals surface area contributed by atoms with E-state index in [9.17, 15) is 4.79 Å². The maximum absolute atomic E-state index is 11.4. The van der Waals surface area contributed by atoms with E-state index in [2.05, 4.69) is 15.6 Å². The van der Waals surface area contributed by atoms with Crippen LogP contribution in [0.25, 0.3) is 0 Å². The minimum Gasteiger partial charge on any atom is -0.493 e. The number of carbonyl (C=O) groups excluding carboxylic acids is 1. The number of hydrogen-bond donors (Lipinski definition) is 2. The first kappa shape index (κ1) is 13.8. The molecule has 0 spiro atoms. The van der Waals surface area contributed by atoms with Crippen molar-refractivity contribution in [2.45, 2.75) is 31.7 Å². The summed E-state index contributed by atoms with van der Waals surface area (Å²) in [5.41, 5.74) is 0.385. The third-order valence-electron chi connectivity index (χ3n) is 3.34. The van der Waals surface area contributed by atoms with Gasteiger partial charge in [-0.1, -0.05) is 6.42 Å². The molecular formula is C14H21N3O2. The zero-order chi connectivity index (χ0) is 13.5. The zero-order valence-corrected chi connectivity index (χ0v) is 11.3. The van der Waals surface area contributed by atoms with Crippen LogP contribution in [-0.4, -0.2) is 37.1 Å². The Morgan fingerprint density at radius 2 is 2.47 bits per heavy atom. The maximum Gasteiger partial charge on any atom is 0.269 e. The van der Waals surface area contributed by atoms with Crippen molar-refractivity contribution >= 4 is 5.91 Å². The molecule has 19 heavy (non-hydrogen) atoms. The molecule has 0 bridgehead atoms. The smallest absolute Gasteiger partial charge is 0.269 e. The number of amides is 1. The molecule has 1 aromatic heterocycles. The number of ether oxygens (including phenoxy) is 1. The molecule has 1 saturated heterocycles. The molecule has 2 rings (SSSR count). The van der Waals surface area contributed by atoms with Crippen molar-refractivity contribution < 1.29 is 9.53 Å². The fourth-order valence-corrected chi connectivity index (χ4v) is 2.24. The van der Waals surface area contributed by atoms with Gasteiger partial charge in [-0.15, -0.1) is 0 Å². The monoisotopic (exact) mass is 263 g/mol. The van der Waals surface area contributed by atoms with Crippen LogP contribution in [0.3, 0.4) is 0 Å². The van der Waals surface area contributed by atoms with Gasteiger partial charge in [-0.25, -0.2) is 0 Å². The second-order valence-electron chi connectivity index (χ2n) is 4.74. The summed E-state index contributed by atoms with van der Waals surface area (Å²) in [7, 11) is 1.59. The van der Waals surface area contributed by atoms with Crippen LogP contribution in [0.5, 0.6) is 5.75 Å². The highest BCUT2D eigenvalue weighted by molar-refractivity contribution is 5.92. The van der Waals surface area contributed by atoms with E-state index in [0.717, 1.165) is 13.0 Å². The second-order valence-corrected chi connectivity index (χ2v) is 4.74. The van der Waals surface area contributed by atoms with Gasteiger partial charge in [0.25, 0.3) is 5.91 Å².